The van der Waals surface area contributed by atoms with E-state index in [4.69, 9.17) is 4.74 Å². The van der Waals surface area contributed by atoms with Gasteiger partial charge in [0.2, 0.25) is 0 Å². The average molecular weight is 446 g/mol. The van der Waals surface area contributed by atoms with Crippen molar-refractivity contribution in [2.75, 3.05) is 18.1 Å². The van der Waals surface area contributed by atoms with E-state index in [1.54, 1.807) is 0 Å². The summed E-state index contributed by atoms with van der Waals surface area (Å²) in [5.41, 5.74) is -0.00681. The first-order chi connectivity index (χ1) is 14.6. The molecule has 0 aliphatic heterocycles. The van der Waals surface area contributed by atoms with Crippen LogP contribution in [-0.4, -0.2) is 45.1 Å². The van der Waals surface area contributed by atoms with Crippen molar-refractivity contribution in [3.8, 4) is 6.07 Å². The Morgan fingerprint density at radius 3 is 2.61 bits per heavy atom. The summed E-state index contributed by atoms with van der Waals surface area (Å²) < 4.78 is 17.3. The Morgan fingerprint density at radius 1 is 1.35 bits per heavy atom. The van der Waals surface area contributed by atoms with Crippen molar-refractivity contribution in [3.05, 3.63) is 11.8 Å². The normalized spacial score (nSPS) is 32.3. The van der Waals surface area contributed by atoms with Gasteiger partial charge in [-0.1, -0.05) is 0 Å². The molecule has 4 bridgehead atoms. The molecular weight excluding hydrogens is 414 g/mol. The van der Waals surface area contributed by atoms with Crippen LogP contribution in [0, 0.1) is 34.5 Å². The Kier molecular flexibility index (Phi) is 5.81. The zero-order valence-corrected chi connectivity index (χ0v) is 19.4. The number of ether oxygens (including phenoxy) is 1. The number of nitrogens with zero attached hydrogens (tertiary/aromatic N) is 3. The molecule has 4 aliphatic rings. The number of aromatic nitrogens is 2. The highest BCUT2D eigenvalue weighted by molar-refractivity contribution is 7.90. The first-order valence-electron chi connectivity index (χ1n) is 10.9. The third-order valence-corrected chi connectivity index (χ3v) is 7.57. The molecule has 1 heterocycles. The van der Waals surface area contributed by atoms with Crippen LogP contribution < -0.4 is 10.6 Å². The molecule has 31 heavy (non-hydrogen) atoms. The summed E-state index contributed by atoms with van der Waals surface area (Å²) in [6.45, 7) is 6.36. The van der Waals surface area contributed by atoms with Gasteiger partial charge < -0.3 is 19.9 Å². The van der Waals surface area contributed by atoms with Crippen LogP contribution in [0.2, 0.25) is 0 Å². The highest BCUT2D eigenvalue weighted by Crippen LogP contribution is 2.60. The van der Waals surface area contributed by atoms with E-state index in [0.717, 1.165) is 38.6 Å². The van der Waals surface area contributed by atoms with E-state index in [1.165, 1.54) is 12.5 Å². The minimum Gasteiger partial charge on any atom is -0.609 e. The lowest BCUT2D eigenvalue weighted by molar-refractivity contribution is -0.0703. The molecule has 0 radical (unpaired) electrons. The van der Waals surface area contributed by atoms with Crippen LogP contribution in [0.3, 0.4) is 0 Å². The molecule has 168 valence electrons. The summed E-state index contributed by atoms with van der Waals surface area (Å²) in [6.07, 6.45) is 8.17. The summed E-state index contributed by atoms with van der Waals surface area (Å²) >= 11 is -1.31. The lowest BCUT2D eigenvalue weighted by atomic mass is 9.48. The lowest BCUT2D eigenvalue weighted by Crippen LogP contribution is -2.60. The maximum absolute atomic E-state index is 12.4. The number of anilines is 1. The summed E-state index contributed by atoms with van der Waals surface area (Å²) in [5, 5.41) is 16.2. The minimum absolute atomic E-state index is 0.131. The SMILES string of the molecule is C[S+]([O-])c1ncc(C#N)c(NC[C@]23CC4C[C@H](C2)[C@@H](NC(=O)OC(C)(C)C)[C@@H](C4)C3)n1. The molecule has 5 rings (SSSR count). The molecule has 6 atom stereocenters. The Labute approximate surface area is 186 Å². The largest absolute Gasteiger partial charge is 0.609 e. The second kappa shape index (κ2) is 8.14. The number of rotatable bonds is 5. The highest BCUT2D eigenvalue weighted by atomic mass is 32.2. The first-order valence-corrected chi connectivity index (χ1v) is 12.5. The Hall–Kier alpha value is -2.05. The molecule has 2 unspecified atom stereocenters. The molecule has 0 spiro atoms. The quantitative estimate of drug-likeness (QED) is 0.527. The van der Waals surface area contributed by atoms with Crippen molar-refractivity contribution in [1.82, 2.24) is 15.3 Å². The molecule has 0 saturated heterocycles. The van der Waals surface area contributed by atoms with Gasteiger partial charge in [-0.2, -0.15) is 15.2 Å². The van der Waals surface area contributed by atoms with Gasteiger partial charge in [0, 0.05) is 23.8 Å². The molecule has 4 aliphatic carbocycles. The van der Waals surface area contributed by atoms with Crippen LogP contribution in [0.15, 0.2) is 11.4 Å². The zero-order valence-electron chi connectivity index (χ0n) is 18.6. The molecule has 2 N–H and O–H groups in total. The standard InChI is InChI=1S/C22H31N5O3S/c1-21(2,3)30-20(28)26-17-14-5-13-6-15(17)9-22(7-13,8-14)12-25-18-16(10-23)11-24-19(27-18)31(4)29/h11,13-15,17H,5-9,12H2,1-4H3,(H,26,28)(H,24,25,27)/t13?,14-,15+,17-,22-,31?. The predicted octanol–water partition coefficient (Wildman–Crippen LogP) is 3.22. The monoisotopic (exact) mass is 445 g/mol. The summed E-state index contributed by atoms with van der Waals surface area (Å²) in [6, 6.07) is 2.29. The number of nitriles is 1. The molecule has 0 aromatic carbocycles. The third-order valence-electron chi connectivity index (χ3n) is 6.86. The van der Waals surface area contributed by atoms with Crippen LogP contribution in [-0.2, 0) is 15.9 Å². The number of alkyl carbamates (subject to hydrolysis) is 1. The smallest absolute Gasteiger partial charge is 0.407 e. The van der Waals surface area contributed by atoms with Gasteiger partial charge in [-0.15, -0.1) is 0 Å². The summed E-state index contributed by atoms with van der Waals surface area (Å²) in [7, 11) is 0. The van der Waals surface area contributed by atoms with Crippen molar-refractivity contribution in [3.63, 3.8) is 0 Å². The predicted molar refractivity (Wildman–Crippen MR) is 117 cm³/mol. The van der Waals surface area contributed by atoms with Crippen LogP contribution in [0.1, 0.15) is 58.4 Å². The number of carbonyl (C=O) groups is 1. The van der Waals surface area contributed by atoms with Crippen LogP contribution in [0.5, 0.6) is 0 Å². The molecule has 1 aromatic heterocycles. The van der Waals surface area contributed by atoms with Crippen molar-refractivity contribution in [1.29, 1.82) is 5.26 Å². The number of nitrogens with one attached hydrogen (secondary N) is 2. The van der Waals surface area contributed by atoms with Crippen LogP contribution >= 0.6 is 0 Å². The van der Waals surface area contributed by atoms with Gasteiger partial charge in [0.25, 0.3) is 0 Å². The Morgan fingerprint density at radius 2 is 2.03 bits per heavy atom. The maximum Gasteiger partial charge on any atom is 0.407 e. The molecule has 8 nitrogen and oxygen atoms in total. The van der Waals surface area contributed by atoms with Crippen LogP contribution in [0.25, 0.3) is 0 Å². The van der Waals surface area contributed by atoms with E-state index < -0.39 is 16.8 Å². The van der Waals surface area contributed by atoms with Gasteiger partial charge in [0.05, 0.1) is 6.20 Å². The van der Waals surface area contributed by atoms with Crippen molar-refractivity contribution in [2.24, 2.45) is 23.2 Å². The average Bonchev–Trinajstić information content (AvgIpc) is 2.67. The summed E-state index contributed by atoms with van der Waals surface area (Å²) in [4.78, 5) is 20.7. The zero-order chi connectivity index (χ0) is 22.4. The van der Waals surface area contributed by atoms with Crippen LogP contribution in [0.4, 0.5) is 10.6 Å². The maximum atomic E-state index is 12.4. The number of hydrogen-bond donors (Lipinski definition) is 2. The van der Waals surface area contributed by atoms with E-state index in [9.17, 15) is 14.6 Å². The Bertz CT molecular complexity index is 878. The van der Waals surface area contributed by atoms with Crippen molar-refractivity contribution < 1.29 is 14.1 Å². The topological polar surface area (TPSA) is 123 Å². The van der Waals surface area contributed by atoms with Gasteiger partial charge >= 0.3 is 11.2 Å². The van der Waals surface area contributed by atoms with Gasteiger partial charge in [0.15, 0.2) is 5.82 Å². The minimum atomic E-state index is -1.31. The number of carbonyl (C=O) groups excluding carboxylic acids is 1. The Balaban J connectivity index is 1.45. The second-order valence-corrected chi connectivity index (χ2v) is 11.7. The fourth-order valence-electron chi connectivity index (χ4n) is 6.08. The molecule has 4 saturated carbocycles. The van der Waals surface area contributed by atoms with E-state index >= 15 is 0 Å². The number of hydrogen-bond acceptors (Lipinski definition) is 7. The van der Waals surface area contributed by atoms with E-state index in [-0.39, 0.29) is 22.7 Å². The molecule has 9 heteroatoms. The molecule has 1 aromatic rings. The first kappa shape index (κ1) is 22.2. The van der Waals surface area contributed by atoms with E-state index in [1.807, 2.05) is 20.8 Å². The van der Waals surface area contributed by atoms with Crippen molar-refractivity contribution >= 4 is 23.1 Å². The lowest BCUT2D eigenvalue weighted by Gasteiger charge is -2.60. The number of amides is 1. The van der Waals surface area contributed by atoms with E-state index in [2.05, 4.69) is 26.7 Å². The van der Waals surface area contributed by atoms with Gasteiger partial charge in [-0.05, 0) is 76.0 Å². The summed E-state index contributed by atoms with van der Waals surface area (Å²) in [5.74, 6) is 2.03. The van der Waals surface area contributed by atoms with Crippen molar-refractivity contribution in [2.45, 2.75) is 69.7 Å². The van der Waals surface area contributed by atoms with Gasteiger partial charge in [0.1, 0.15) is 23.5 Å². The van der Waals surface area contributed by atoms with E-state index in [0.29, 0.717) is 29.1 Å². The van der Waals surface area contributed by atoms with Gasteiger partial charge in [-0.3, -0.25) is 0 Å². The van der Waals surface area contributed by atoms with Gasteiger partial charge in [-0.25, -0.2) is 4.79 Å². The molecular formula is C22H31N5O3S. The second-order valence-electron chi connectivity index (χ2n) is 10.5. The molecule has 4 fully saturated rings. The highest BCUT2D eigenvalue weighted by Gasteiger charge is 2.55. The fourth-order valence-corrected chi connectivity index (χ4v) is 6.50. The molecule has 1 amide bonds. The fraction of sp³-hybridized carbons (Fsp3) is 0.727. The third kappa shape index (κ3) is 4.75.